The van der Waals surface area contributed by atoms with Gasteiger partial charge in [0, 0.05) is 18.2 Å². The van der Waals surface area contributed by atoms with E-state index in [4.69, 9.17) is 4.74 Å². The van der Waals surface area contributed by atoms with Crippen LogP contribution in [0.25, 0.3) is 0 Å². The van der Waals surface area contributed by atoms with Crippen LogP contribution in [0.1, 0.15) is 18.5 Å². The summed E-state index contributed by atoms with van der Waals surface area (Å²) in [6, 6.07) is 10.5. The van der Waals surface area contributed by atoms with Gasteiger partial charge in [-0.15, -0.1) is 0 Å². The summed E-state index contributed by atoms with van der Waals surface area (Å²) < 4.78 is 18.9. The van der Waals surface area contributed by atoms with E-state index in [2.05, 4.69) is 5.32 Å². The number of nitrogens with one attached hydrogen (secondary N) is 1. The van der Waals surface area contributed by atoms with Crippen molar-refractivity contribution < 1.29 is 14.1 Å². The zero-order chi connectivity index (χ0) is 15.4. The van der Waals surface area contributed by atoms with E-state index in [-0.39, 0.29) is 17.4 Å². The van der Waals surface area contributed by atoms with Crippen molar-refractivity contribution in [2.45, 2.75) is 13.0 Å². The Morgan fingerprint density at radius 2 is 2.05 bits per heavy atom. The van der Waals surface area contributed by atoms with Crippen LogP contribution < -0.4 is 10.1 Å². The van der Waals surface area contributed by atoms with Crippen LogP contribution in [0.4, 0.5) is 15.8 Å². The average molecular weight is 290 g/mol. The summed E-state index contributed by atoms with van der Waals surface area (Å²) >= 11 is 0. The molecular weight excluding hydrogens is 275 g/mol. The molecule has 0 aliphatic rings. The van der Waals surface area contributed by atoms with E-state index < -0.39 is 10.7 Å². The van der Waals surface area contributed by atoms with E-state index in [9.17, 15) is 14.5 Å². The molecule has 0 heterocycles. The average Bonchev–Trinajstić information content (AvgIpc) is 2.49. The maximum Gasteiger partial charge on any atom is 0.271 e. The first-order chi connectivity index (χ1) is 10.0. The van der Waals surface area contributed by atoms with Gasteiger partial charge in [0.15, 0.2) is 0 Å². The largest absolute Gasteiger partial charge is 0.497 e. The summed E-state index contributed by atoms with van der Waals surface area (Å²) in [5.41, 5.74) is 0.830. The highest BCUT2D eigenvalue weighted by atomic mass is 19.1. The van der Waals surface area contributed by atoms with Gasteiger partial charge < -0.3 is 10.1 Å². The number of anilines is 1. The molecule has 21 heavy (non-hydrogen) atoms. The quantitative estimate of drug-likeness (QED) is 0.669. The molecule has 0 aliphatic carbocycles. The number of ether oxygens (including phenoxy) is 1. The van der Waals surface area contributed by atoms with Crippen molar-refractivity contribution in [3.63, 3.8) is 0 Å². The molecule has 0 saturated carbocycles. The van der Waals surface area contributed by atoms with E-state index in [0.717, 1.165) is 17.7 Å². The maximum absolute atomic E-state index is 13.7. The van der Waals surface area contributed by atoms with Crippen molar-refractivity contribution in [3.05, 3.63) is 64.0 Å². The normalized spacial score (nSPS) is 11.8. The van der Waals surface area contributed by atoms with Gasteiger partial charge in [-0.2, -0.15) is 0 Å². The molecule has 5 nitrogen and oxygen atoms in total. The van der Waals surface area contributed by atoms with Crippen molar-refractivity contribution in [1.82, 2.24) is 0 Å². The fraction of sp³-hybridized carbons (Fsp3) is 0.200. The summed E-state index contributed by atoms with van der Waals surface area (Å²) in [6.07, 6.45) is 0. The van der Waals surface area contributed by atoms with E-state index in [1.807, 2.05) is 31.2 Å². The maximum atomic E-state index is 13.7. The molecule has 0 aliphatic heterocycles. The molecule has 0 bridgehead atoms. The Morgan fingerprint density at radius 1 is 1.29 bits per heavy atom. The molecule has 6 heteroatoms. The zero-order valence-electron chi connectivity index (χ0n) is 11.7. The minimum Gasteiger partial charge on any atom is -0.497 e. The van der Waals surface area contributed by atoms with Crippen LogP contribution >= 0.6 is 0 Å². The lowest BCUT2D eigenvalue weighted by Gasteiger charge is -2.16. The first kappa shape index (κ1) is 14.8. The molecule has 1 N–H and O–H groups in total. The molecule has 2 aromatic rings. The molecule has 2 aromatic carbocycles. The smallest absolute Gasteiger partial charge is 0.271 e. The number of hydrogen-bond donors (Lipinski definition) is 1. The van der Waals surface area contributed by atoms with Crippen LogP contribution in [0.5, 0.6) is 5.75 Å². The van der Waals surface area contributed by atoms with Gasteiger partial charge in [-0.3, -0.25) is 10.1 Å². The predicted octanol–water partition coefficient (Wildman–Crippen LogP) is 3.92. The third-order valence-corrected chi connectivity index (χ3v) is 3.13. The topological polar surface area (TPSA) is 64.4 Å². The number of halogens is 1. The highest BCUT2D eigenvalue weighted by Crippen LogP contribution is 2.27. The number of hydrogen-bond acceptors (Lipinski definition) is 4. The SMILES string of the molecule is COc1cccc(C(C)Nc2cc([N+](=O)[O-])ccc2F)c1. The van der Waals surface area contributed by atoms with Gasteiger partial charge in [0.1, 0.15) is 11.6 Å². The zero-order valence-corrected chi connectivity index (χ0v) is 11.7. The van der Waals surface area contributed by atoms with Crippen LogP contribution in [0.15, 0.2) is 42.5 Å². The fourth-order valence-electron chi connectivity index (χ4n) is 1.96. The van der Waals surface area contributed by atoms with Gasteiger partial charge >= 0.3 is 0 Å². The van der Waals surface area contributed by atoms with Crippen molar-refractivity contribution in [2.24, 2.45) is 0 Å². The number of nitro groups is 1. The predicted molar refractivity (Wildman–Crippen MR) is 78.1 cm³/mol. The molecule has 0 fully saturated rings. The monoisotopic (exact) mass is 290 g/mol. The van der Waals surface area contributed by atoms with Gasteiger partial charge in [-0.05, 0) is 30.7 Å². The second kappa shape index (κ2) is 6.21. The summed E-state index contributed by atoms with van der Waals surface area (Å²) in [6.45, 7) is 1.84. The highest BCUT2D eigenvalue weighted by molar-refractivity contribution is 5.53. The summed E-state index contributed by atoms with van der Waals surface area (Å²) in [4.78, 5) is 10.2. The van der Waals surface area contributed by atoms with Crippen molar-refractivity contribution in [3.8, 4) is 5.75 Å². The Kier molecular flexibility index (Phi) is 4.37. The number of nitrogens with zero attached hydrogens (tertiary/aromatic N) is 1. The van der Waals surface area contributed by atoms with Crippen LogP contribution in [0.2, 0.25) is 0 Å². The first-order valence-corrected chi connectivity index (χ1v) is 6.35. The van der Waals surface area contributed by atoms with Crippen LogP contribution in [-0.2, 0) is 0 Å². The molecule has 0 saturated heterocycles. The molecular formula is C15H15FN2O3. The van der Waals surface area contributed by atoms with Gasteiger partial charge in [0.05, 0.1) is 17.7 Å². The minimum atomic E-state index is -0.555. The molecule has 1 atom stereocenters. The van der Waals surface area contributed by atoms with Crippen LogP contribution in [-0.4, -0.2) is 12.0 Å². The lowest BCUT2D eigenvalue weighted by atomic mass is 10.1. The third-order valence-electron chi connectivity index (χ3n) is 3.13. The Hall–Kier alpha value is -2.63. The number of rotatable bonds is 5. The molecule has 110 valence electrons. The number of methoxy groups -OCH3 is 1. The minimum absolute atomic E-state index is 0.0968. The van der Waals surface area contributed by atoms with Gasteiger partial charge in [0.25, 0.3) is 5.69 Å². The van der Waals surface area contributed by atoms with Gasteiger partial charge in [-0.1, -0.05) is 12.1 Å². The Balaban J connectivity index is 2.24. The fourth-order valence-corrected chi connectivity index (χ4v) is 1.96. The molecule has 0 radical (unpaired) electrons. The number of non-ortho nitro benzene ring substituents is 1. The summed E-state index contributed by atoms with van der Waals surface area (Å²) in [7, 11) is 1.57. The van der Waals surface area contributed by atoms with E-state index in [0.29, 0.717) is 5.75 Å². The molecule has 0 amide bonds. The third kappa shape index (κ3) is 3.47. The Bertz CT molecular complexity index is 661. The van der Waals surface area contributed by atoms with Crippen molar-refractivity contribution in [1.29, 1.82) is 0 Å². The van der Waals surface area contributed by atoms with E-state index in [1.165, 1.54) is 6.07 Å². The van der Waals surface area contributed by atoms with Gasteiger partial charge in [-0.25, -0.2) is 4.39 Å². The second-order valence-electron chi connectivity index (χ2n) is 4.56. The first-order valence-electron chi connectivity index (χ1n) is 6.35. The molecule has 2 rings (SSSR count). The number of benzene rings is 2. The standard InChI is InChI=1S/C15H15FN2O3/c1-10(11-4-3-5-13(8-11)21-2)17-15-9-12(18(19)20)6-7-14(15)16/h3-10,17H,1-2H3. The van der Waals surface area contributed by atoms with Gasteiger partial charge in [0.2, 0.25) is 0 Å². The molecule has 0 aromatic heterocycles. The number of nitro benzene ring substituents is 1. The second-order valence-corrected chi connectivity index (χ2v) is 4.56. The summed E-state index contributed by atoms with van der Waals surface area (Å²) in [5, 5.41) is 13.7. The van der Waals surface area contributed by atoms with Crippen molar-refractivity contribution in [2.75, 3.05) is 12.4 Å². The van der Waals surface area contributed by atoms with Crippen LogP contribution in [0.3, 0.4) is 0 Å². The van der Waals surface area contributed by atoms with E-state index in [1.54, 1.807) is 7.11 Å². The Labute approximate surface area is 121 Å². The summed E-state index contributed by atoms with van der Waals surface area (Å²) in [5.74, 6) is 0.163. The lowest BCUT2D eigenvalue weighted by molar-refractivity contribution is -0.384. The van der Waals surface area contributed by atoms with Crippen LogP contribution in [0, 0.1) is 15.9 Å². The molecule has 1 unspecified atom stereocenters. The lowest BCUT2D eigenvalue weighted by Crippen LogP contribution is -2.08. The van der Waals surface area contributed by atoms with Crippen molar-refractivity contribution >= 4 is 11.4 Å². The Morgan fingerprint density at radius 3 is 2.71 bits per heavy atom. The molecule has 0 spiro atoms. The van der Waals surface area contributed by atoms with E-state index >= 15 is 0 Å². The highest BCUT2D eigenvalue weighted by Gasteiger charge is 2.13.